The summed E-state index contributed by atoms with van der Waals surface area (Å²) < 4.78 is 10.8. The van der Waals surface area contributed by atoms with Gasteiger partial charge in [-0.25, -0.2) is 9.97 Å². The zero-order chi connectivity index (χ0) is 19.7. The molecule has 148 valence electrons. The maximum Gasteiger partial charge on any atom is 0.242 e. The zero-order valence-electron chi connectivity index (χ0n) is 16.6. The van der Waals surface area contributed by atoms with Crippen molar-refractivity contribution < 1.29 is 14.3 Å². The van der Waals surface area contributed by atoms with Gasteiger partial charge in [0, 0.05) is 11.4 Å². The summed E-state index contributed by atoms with van der Waals surface area (Å²) in [6.45, 7) is 2.57. The first-order valence-corrected chi connectivity index (χ1v) is 9.72. The van der Waals surface area contributed by atoms with Gasteiger partial charge < -0.3 is 14.8 Å². The summed E-state index contributed by atoms with van der Waals surface area (Å²) in [5, 5.41) is 3.00. The highest BCUT2D eigenvalue weighted by atomic mass is 16.7. The highest BCUT2D eigenvalue weighted by Gasteiger charge is 2.26. The van der Waals surface area contributed by atoms with Gasteiger partial charge in [0.15, 0.2) is 11.5 Å². The number of nitrogens with zero attached hydrogens (tertiary/aromatic N) is 3. The van der Waals surface area contributed by atoms with Crippen molar-refractivity contribution in [2.45, 2.75) is 45.2 Å². The minimum absolute atomic E-state index is 0.0946. The summed E-state index contributed by atoms with van der Waals surface area (Å²) in [6, 6.07) is 5.18. The predicted molar refractivity (Wildman–Crippen MR) is 104 cm³/mol. The van der Waals surface area contributed by atoms with Gasteiger partial charge in [-0.2, -0.15) is 0 Å². The minimum Gasteiger partial charge on any atom is -0.454 e. The van der Waals surface area contributed by atoms with Gasteiger partial charge in [-0.05, 0) is 70.0 Å². The molecule has 0 unspecified atom stereocenters. The number of nitrogens with one attached hydrogen (secondary N) is 1. The molecule has 0 radical (unpaired) electrons. The van der Waals surface area contributed by atoms with E-state index in [4.69, 9.17) is 14.5 Å². The number of likely N-dealkylation sites (N-methyl/N-ethyl adjacent to an activating group) is 1. The van der Waals surface area contributed by atoms with Crippen LogP contribution in [-0.2, 0) is 24.2 Å². The number of hydrogen-bond donors (Lipinski definition) is 1. The van der Waals surface area contributed by atoms with Crippen molar-refractivity contribution in [3.05, 3.63) is 46.5 Å². The van der Waals surface area contributed by atoms with Crippen molar-refractivity contribution in [1.82, 2.24) is 20.2 Å². The van der Waals surface area contributed by atoms with Crippen molar-refractivity contribution in [1.29, 1.82) is 0 Å². The Kier molecular flexibility index (Phi) is 5.17. The van der Waals surface area contributed by atoms with E-state index in [2.05, 4.69) is 10.3 Å². The molecule has 0 saturated heterocycles. The molecule has 28 heavy (non-hydrogen) atoms. The average molecular weight is 382 g/mol. The molecule has 0 saturated carbocycles. The van der Waals surface area contributed by atoms with Gasteiger partial charge in [0.1, 0.15) is 11.9 Å². The maximum atomic E-state index is 13.0. The van der Waals surface area contributed by atoms with Crippen LogP contribution in [0, 0.1) is 6.92 Å². The average Bonchev–Trinajstić information content (AvgIpc) is 3.14. The van der Waals surface area contributed by atoms with Crippen molar-refractivity contribution in [2.24, 2.45) is 0 Å². The van der Waals surface area contributed by atoms with Gasteiger partial charge in [0.05, 0.1) is 6.54 Å². The molecule has 2 aliphatic rings. The third-order valence-corrected chi connectivity index (χ3v) is 5.33. The number of hydrogen-bond acceptors (Lipinski definition) is 6. The lowest BCUT2D eigenvalue weighted by molar-refractivity contribution is -0.126. The van der Waals surface area contributed by atoms with Gasteiger partial charge in [-0.3, -0.25) is 9.69 Å². The molecular weight excluding hydrogens is 356 g/mol. The fraction of sp³-hybridized carbons (Fsp3) is 0.476. The van der Waals surface area contributed by atoms with Crippen LogP contribution in [0.5, 0.6) is 11.5 Å². The van der Waals surface area contributed by atoms with E-state index in [9.17, 15) is 4.79 Å². The Bertz CT molecular complexity index is 897. The number of carbonyl (C=O) groups excluding carboxylic acids is 1. The second-order valence-electron chi connectivity index (χ2n) is 7.55. The van der Waals surface area contributed by atoms with Crippen LogP contribution in [0.2, 0.25) is 0 Å². The Hall–Kier alpha value is -2.67. The third-order valence-electron chi connectivity index (χ3n) is 5.33. The lowest BCUT2D eigenvalue weighted by atomic mass is 9.95. The molecule has 1 N–H and O–H groups in total. The molecule has 7 nitrogen and oxygen atoms in total. The molecule has 1 amide bonds. The van der Waals surface area contributed by atoms with E-state index in [-0.39, 0.29) is 12.7 Å². The van der Waals surface area contributed by atoms with E-state index in [0.29, 0.717) is 23.9 Å². The standard InChI is InChI=1S/C21H26N4O3/c1-13-15-6-4-5-7-16(15)24-19(23-13)11-22-21(26)20(25(2)3)14-8-9-17-18(10-14)28-12-27-17/h8-10,20H,4-7,11-12H2,1-3H3,(H,22,26)/t20-/m1/s1. The van der Waals surface area contributed by atoms with E-state index in [1.165, 1.54) is 18.4 Å². The summed E-state index contributed by atoms with van der Waals surface area (Å²) in [7, 11) is 3.77. The molecule has 0 spiro atoms. The lowest BCUT2D eigenvalue weighted by Gasteiger charge is -2.24. The van der Waals surface area contributed by atoms with Crippen LogP contribution >= 0.6 is 0 Å². The van der Waals surface area contributed by atoms with Gasteiger partial charge in [-0.15, -0.1) is 0 Å². The molecule has 2 heterocycles. The smallest absolute Gasteiger partial charge is 0.242 e. The molecule has 0 bridgehead atoms. The summed E-state index contributed by atoms with van der Waals surface area (Å²) in [5.74, 6) is 1.96. The lowest BCUT2D eigenvalue weighted by Crippen LogP contribution is -2.37. The number of amides is 1. The molecule has 2 aromatic rings. The van der Waals surface area contributed by atoms with Crippen LogP contribution in [0.1, 0.15) is 47.2 Å². The summed E-state index contributed by atoms with van der Waals surface area (Å²) >= 11 is 0. The number of rotatable bonds is 5. The SMILES string of the molecule is Cc1nc(CNC(=O)[C@@H](c2ccc3c(c2)OCO3)N(C)C)nc2c1CCCC2. The topological polar surface area (TPSA) is 76.6 Å². The normalized spacial score (nSPS) is 16.0. The number of benzene rings is 1. The Morgan fingerprint density at radius 2 is 1.96 bits per heavy atom. The van der Waals surface area contributed by atoms with Gasteiger partial charge in [0.2, 0.25) is 12.7 Å². The van der Waals surface area contributed by atoms with Crippen LogP contribution in [0.15, 0.2) is 18.2 Å². The van der Waals surface area contributed by atoms with Crippen LogP contribution < -0.4 is 14.8 Å². The molecule has 7 heteroatoms. The molecule has 1 aliphatic carbocycles. The first-order chi connectivity index (χ1) is 13.5. The van der Waals surface area contributed by atoms with Crippen LogP contribution in [-0.4, -0.2) is 41.7 Å². The summed E-state index contributed by atoms with van der Waals surface area (Å²) in [6.07, 6.45) is 4.42. The number of aryl methyl sites for hydroxylation is 2. The maximum absolute atomic E-state index is 13.0. The second kappa shape index (κ2) is 7.75. The Labute approximate surface area is 165 Å². The largest absolute Gasteiger partial charge is 0.454 e. The first kappa shape index (κ1) is 18.7. The zero-order valence-corrected chi connectivity index (χ0v) is 16.6. The quantitative estimate of drug-likeness (QED) is 0.855. The van der Waals surface area contributed by atoms with E-state index in [1.807, 2.05) is 44.1 Å². The van der Waals surface area contributed by atoms with Crippen molar-refractivity contribution in [3.8, 4) is 11.5 Å². The predicted octanol–water partition coefficient (Wildman–Crippen LogP) is 2.31. The molecule has 4 rings (SSSR count). The first-order valence-electron chi connectivity index (χ1n) is 9.72. The molecule has 1 atom stereocenters. The number of fused-ring (bicyclic) bond motifs is 2. The van der Waals surface area contributed by atoms with Gasteiger partial charge in [0.25, 0.3) is 0 Å². The summed E-state index contributed by atoms with van der Waals surface area (Å²) in [5.41, 5.74) is 4.32. The fourth-order valence-corrected chi connectivity index (χ4v) is 3.95. The van der Waals surface area contributed by atoms with E-state index in [1.54, 1.807) is 0 Å². The van der Waals surface area contributed by atoms with E-state index >= 15 is 0 Å². The van der Waals surface area contributed by atoms with Crippen LogP contribution in [0.4, 0.5) is 0 Å². The Morgan fingerprint density at radius 1 is 1.18 bits per heavy atom. The second-order valence-corrected chi connectivity index (χ2v) is 7.55. The van der Waals surface area contributed by atoms with Crippen LogP contribution in [0.25, 0.3) is 0 Å². The summed E-state index contributed by atoms with van der Waals surface area (Å²) in [4.78, 5) is 24.1. The number of ether oxygens (including phenoxy) is 2. The van der Waals surface area contributed by atoms with Crippen LogP contribution in [0.3, 0.4) is 0 Å². The highest BCUT2D eigenvalue weighted by Crippen LogP contribution is 2.35. The Morgan fingerprint density at radius 3 is 2.79 bits per heavy atom. The van der Waals surface area contributed by atoms with Gasteiger partial charge >= 0.3 is 0 Å². The van der Waals surface area contributed by atoms with E-state index in [0.717, 1.165) is 29.8 Å². The fourth-order valence-electron chi connectivity index (χ4n) is 3.95. The molecule has 1 aromatic heterocycles. The highest BCUT2D eigenvalue weighted by molar-refractivity contribution is 5.83. The Balaban J connectivity index is 1.49. The molecule has 1 aliphatic heterocycles. The van der Waals surface area contributed by atoms with E-state index < -0.39 is 6.04 Å². The van der Waals surface area contributed by atoms with Gasteiger partial charge in [-0.1, -0.05) is 6.07 Å². The molecule has 1 aromatic carbocycles. The van der Waals surface area contributed by atoms with Crippen molar-refractivity contribution >= 4 is 5.91 Å². The van der Waals surface area contributed by atoms with Crippen molar-refractivity contribution in [2.75, 3.05) is 20.9 Å². The minimum atomic E-state index is -0.437. The number of carbonyl (C=O) groups is 1. The number of aromatic nitrogens is 2. The monoisotopic (exact) mass is 382 g/mol. The van der Waals surface area contributed by atoms with Crippen molar-refractivity contribution in [3.63, 3.8) is 0 Å². The molecular formula is C21H26N4O3. The molecule has 0 fully saturated rings. The third kappa shape index (κ3) is 3.67.